The number of hydrogen-bond acceptors (Lipinski definition) is 2. The molecule has 0 aromatic heterocycles. The molecule has 3 heterocycles. The van der Waals surface area contributed by atoms with Crippen LogP contribution in [0.5, 0.6) is 5.75 Å². The van der Waals surface area contributed by atoms with Gasteiger partial charge in [-0.15, -0.1) is 0 Å². The molecule has 3 heteroatoms. The zero-order chi connectivity index (χ0) is 11.0. The van der Waals surface area contributed by atoms with E-state index in [9.17, 15) is 4.39 Å². The summed E-state index contributed by atoms with van der Waals surface area (Å²) >= 11 is 0. The molecule has 0 unspecified atom stereocenters. The van der Waals surface area contributed by atoms with Crippen LogP contribution in [-0.4, -0.2) is 30.6 Å². The normalized spacial score (nSPS) is 32.7. The van der Waals surface area contributed by atoms with Gasteiger partial charge in [0.1, 0.15) is 6.10 Å². The molecule has 0 spiro atoms. The fraction of sp³-hybridized carbons (Fsp3) is 0.538. The second-order valence-electron chi connectivity index (χ2n) is 4.72. The number of nitrogens with zero attached hydrogens (tertiary/aromatic N) is 1. The number of piperidine rings is 3. The Hall–Kier alpha value is -1.09. The Morgan fingerprint density at radius 3 is 2.56 bits per heavy atom. The van der Waals surface area contributed by atoms with Gasteiger partial charge in [-0.05, 0) is 44.0 Å². The molecule has 3 saturated heterocycles. The van der Waals surface area contributed by atoms with Crippen molar-refractivity contribution in [3.8, 4) is 5.75 Å². The molecule has 2 bridgehead atoms. The van der Waals surface area contributed by atoms with Gasteiger partial charge in [0, 0.05) is 6.54 Å². The van der Waals surface area contributed by atoms with E-state index in [1.807, 2.05) is 6.07 Å². The summed E-state index contributed by atoms with van der Waals surface area (Å²) in [6.07, 6.45) is 2.57. The van der Waals surface area contributed by atoms with E-state index in [-0.39, 0.29) is 11.9 Å². The Kier molecular flexibility index (Phi) is 2.56. The van der Waals surface area contributed by atoms with Gasteiger partial charge in [0.15, 0.2) is 11.6 Å². The van der Waals surface area contributed by atoms with Crippen LogP contribution < -0.4 is 4.74 Å². The lowest BCUT2D eigenvalue weighted by Gasteiger charge is -2.44. The highest BCUT2D eigenvalue weighted by molar-refractivity contribution is 5.24. The first kappa shape index (κ1) is 10.1. The van der Waals surface area contributed by atoms with Gasteiger partial charge >= 0.3 is 0 Å². The fourth-order valence-corrected chi connectivity index (χ4v) is 2.75. The molecule has 1 aromatic carbocycles. The summed E-state index contributed by atoms with van der Waals surface area (Å²) in [6.45, 7) is 3.32. The number of para-hydroxylation sites is 1. The van der Waals surface area contributed by atoms with Crippen LogP contribution in [0.15, 0.2) is 24.3 Å². The Bertz CT molecular complexity index is 374. The van der Waals surface area contributed by atoms with E-state index < -0.39 is 0 Å². The van der Waals surface area contributed by atoms with Crippen molar-refractivity contribution in [3.05, 3.63) is 30.1 Å². The Labute approximate surface area is 95.0 Å². The van der Waals surface area contributed by atoms with Crippen LogP contribution >= 0.6 is 0 Å². The molecule has 4 rings (SSSR count). The summed E-state index contributed by atoms with van der Waals surface area (Å²) in [4.78, 5) is 2.41. The van der Waals surface area contributed by atoms with E-state index in [4.69, 9.17) is 4.74 Å². The maximum atomic E-state index is 13.4. The summed E-state index contributed by atoms with van der Waals surface area (Å²) in [5, 5.41) is 0. The predicted molar refractivity (Wildman–Crippen MR) is 60.0 cm³/mol. The zero-order valence-electron chi connectivity index (χ0n) is 9.23. The van der Waals surface area contributed by atoms with Gasteiger partial charge in [0.2, 0.25) is 0 Å². The summed E-state index contributed by atoms with van der Waals surface area (Å²) < 4.78 is 19.3. The quantitative estimate of drug-likeness (QED) is 0.759. The lowest BCUT2D eigenvalue weighted by molar-refractivity contribution is -0.00948. The molecule has 16 heavy (non-hydrogen) atoms. The van der Waals surface area contributed by atoms with Crippen LogP contribution in [0, 0.1) is 11.7 Å². The third kappa shape index (κ3) is 1.80. The van der Waals surface area contributed by atoms with Gasteiger partial charge in [0.05, 0.1) is 0 Å². The number of hydrogen-bond donors (Lipinski definition) is 0. The first-order chi connectivity index (χ1) is 7.83. The standard InChI is InChI=1S/C13H16FNO/c14-11-3-1-2-4-12(11)16-13-9-15-7-5-10(13)6-8-15/h1-4,10,13H,5-9H2/t13-/m1/s1. The van der Waals surface area contributed by atoms with E-state index >= 15 is 0 Å². The summed E-state index contributed by atoms with van der Waals surface area (Å²) in [7, 11) is 0. The molecular weight excluding hydrogens is 205 g/mol. The molecule has 3 fully saturated rings. The van der Waals surface area contributed by atoms with Crippen LogP contribution in [0.2, 0.25) is 0 Å². The zero-order valence-corrected chi connectivity index (χ0v) is 9.23. The lowest BCUT2D eigenvalue weighted by atomic mass is 9.86. The fourth-order valence-electron chi connectivity index (χ4n) is 2.75. The summed E-state index contributed by atoms with van der Waals surface area (Å²) in [5.41, 5.74) is 0. The minimum absolute atomic E-state index is 0.180. The Morgan fingerprint density at radius 2 is 1.94 bits per heavy atom. The van der Waals surface area contributed by atoms with Gasteiger partial charge in [-0.25, -0.2) is 4.39 Å². The number of halogens is 1. The molecular formula is C13H16FNO. The van der Waals surface area contributed by atoms with Crippen molar-refractivity contribution in [2.75, 3.05) is 19.6 Å². The third-order valence-electron chi connectivity index (χ3n) is 3.71. The van der Waals surface area contributed by atoms with Gasteiger partial charge in [-0.1, -0.05) is 12.1 Å². The summed E-state index contributed by atoms with van der Waals surface area (Å²) in [6, 6.07) is 6.68. The average Bonchev–Trinajstić information content (AvgIpc) is 2.34. The molecule has 0 saturated carbocycles. The monoisotopic (exact) mass is 221 g/mol. The molecule has 2 nitrogen and oxygen atoms in total. The molecule has 3 aliphatic heterocycles. The predicted octanol–water partition coefficient (Wildman–Crippen LogP) is 2.30. The van der Waals surface area contributed by atoms with Crippen molar-refractivity contribution in [3.63, 3.8) is 0 Å². The number of ether oxygens (including phenoxy) is 1. The number of rotatable bonds is 2. The highest BCUT2D eigenvalue weighted by Crippen LogP contribution is 2.31. The Balaban J connectivity index is 1.73. The first-order valence-corrected chi connectivity index (χ1v) is 5.96. The minimum atomic E-state index is -0.251. The van der Waals surface area contributed by atoms with Crippen molar-refractivity contribution >= 4 is 0 Å². The summed E-state index contributed by atoms with van der Waals surface area (Å²) in [5.74, 6) is 0.768. The molecule has 1 aromatic rings. The van der Waals surface area contributed by atoms with Crippen LogP contribution in [-0.2, 0) is 0 Å². The van der Waals surface area contributed by atoms with Crippen molar-refractivity contribution in [2.45, 2.75) is 18.9 Å². The first-order valence-electron chi connectivity index (χ1n) is 5.96. The Morgan fingerprint density at radius 1 is 1.19 bits per heavy atom. The molecule has 1 atom stereocenters. The van der Waals surface area contributed by atoms with Crippen molar-refractivity contribution in [1.29, 1.82) is 0 Å². The number of benzene rings is 1. The van der Waals surface area contributed by atoms with Crippen LogP contribution in [0.3, 0.4) is 0 Å². The maximum absolute atomic E-state index is 13.4. The highest BCUT2D eigenvalue weighted by Gasteiger charge is 2.35. The van der Waals surface area contributed by atoms with E-state index in [0.717, 1.165) is 6.54 Å². The second-order valence-corrected chi connectivity index (χ2v) is 4.72. The third-order valence-corrected chi connectivity index (χ3v) is 3.71. The second kappa shape index (κ2) is 4.06. The van der Waals surface area contributed by atoms with E-state index in [0.29, 0.717) is 11.7 Å². The van der Waals surface area contributed by atoms with E-state index in [1.165, 1.54) is 32.0 Å². The molecule has 86 valence electrons. The van der Waals surface area contributed by atoms with Crippen LogP contribution in [0.25, 0.3) is 0 Å². The molecule has 3 aliphatic rings. The largest absolute Gasteiger partial charge is 0.486 e. The lowest BCUT2D eigenvalue weighted by Crippen LogP contribution is -2.52. The molecule has 0 N–H and O–H groups in total. The van der Waals surface area contributed by atoms with Crippen molar-refractivity contribution in [2.24, 2.45) is 5.92 Å². The average molecular weight is 221 g/mol. The van der Waals surface area contributed by atoms with Gasteiger partial charge in [-0.3, -0.25) is 4.90 Å². The smallest absolute Gasteiger partial charge is 0.165 e. The highest BCUT2D eigenvalue weighted by atomic mass is 19.1. The molecule has 0 radical (unpaired) electrons. The molecule has 0 aliphatic carbocycles. The SMILES string of the molecule is Fc1ccccc1O[C@@H]1CN2CCC1CC2. The van der Waals surface area contributed by atoms with E-state index in [2.05, 4.69) is 4.90 Å². The van der Waals surface area contributed by atoms with Crippen molar-refractivity contribution < 1.29 is 9.13 Å². The van der Waals surface area contributed by atoms with Gasteiger partial charge < -0.3 is 4.74 Å². The minimum Gasteiger partial charge on any atom is -0.486 e. The topological polar surface area (TPSA) is 12.5 Å². The van der Waals surface area contributed by atoms with Gasteiger partial charge in [0.25, 0.3) is 0 Å². The van der Waals surface area contributed by atoms with Gasteiger partial charge in [-0.2, -0.15) is 0 Å². The van der Waals surface area contributed by atoms with Crippen LogP contribution in [0.4, 0.5) is 4.39 Å². The number of fused-ring (bicyclic) bond motifs is 3. The van der Waals surface area contributed by atoms with Crippen LogP contribution in [0.1, 0.15) is 12.8 Å². The van der Waals surface area contributed by atoms with Crippen molar-refractivity contribution in [1.82, 2.24) is 4.90 Å². The maximum Gasteiger partial charge on any atom is 0.165 e. The van der Waals surface area contributed by atoms with E-state index in [1.54, 1.807) is 12.1 Å². The molecule has 0 amide bonds.